The molecule has 1 aromatic rings. The molecule has 1 N–H and O–H groups in total. The number of sulfonamides is 2. The lowest BCUT2D eigenvalue weighted by Gasteiger charge is -2.37. The lowest BCUT2D eigenvalue weighted by Crippen LogP contribution is -2.47. The molecule has 2 fully saturated rings. The summed E-state index contributed by atoms with van der Waals surface area (Å²) in [6.45, 7) is 3.86. The third-order valence-electron chi connectivity index (χ3n) is 5.50. The average Bonchev–Trinajstić information content (AvgIpc) is 3.07. The molecule has 0 bridgehead atoms. The molecule has 8 heteroatoms. The van der Waals surface area contributed by atoms with Gasteiger partial charge in [-0.05, 0) is 63.8 Å². The lowest BCUT2D eigenvalue weighted by molar-refractivity contribution is 0.204. The van der Waals surface area contributed by atoms with E-state index in [1.165, 1.54) is 24.3 Å². The van der Waals surface area contributed by atoms with E-state index in [0.29, 0.717) is 0 Å². The van der Waals surface area contributed by atoms with Crippen LogP contribution < -0.4 is 4.72 Å². The highest BCUT2D eigenvalue weighted by molar-refractivity contribution is 7.89. The van der Waals surface area contributed by atoms with Crippen molar-refractivity contribution in [3.8, 4) is 0 Å². The zero-order chi connectivity index (χ0) is 18.9. The zero-order valence-corrected chi connectivity index (χ0v) is 17.0. The van der Waals surface area contributed by atoms with E-state index in [1.807, 2.05) is 13.8 Å². The minimum atomic E-state index is -3.63. The first-order valence-corrected chi connectivity index (χ1v) is 12.3. The normalized spacial score (nSPS) is 26.2. The van der Waals surface area contributed by atoms with Gasteiger partial charge in [0.25, 0.3) is 0 Å². The third-order valence-corrected chi connectivity index (χ3v) is 9.18. The van der Waals surface area contributed by atoms with Crippen molar-refractivity contribution in [2.45, 2.75) is 86.7 Å². The monoisotopic (exact) mass is 400 g/mol. The van der Waals surface area contributed by atoms with E-state index in [0.717, 1.165) is 44.9 Å². The van der Waals surface area contributed by atoms with Crippen molar-refractivity contribution >= 4 is 20.0 Å². The van der Waals surface area contributed by atoms with Crippen LogP contribution in [0.2, 0.25) is 0 Å². The average molecular weight is 401 g/mol. The molecule has 6 nitrogen and oxygen atoms in total. The minimum Gasteiger partial charge on any atom is -0.208 e. The Morgan fingerprint density at radius 2 is 1.31 bits per heavy atom. The molecule has 0 spiro atoms. The summed E-state index contributed by atoms with van der Waals surface area (Å²) >= 11 is 0. The molecule has 1 saturated heterocycles. The maximum absolute atomic E-state index is 13.0. The fourth-order valence-electron chi connectivity index (χ4n) is 4.11. The maximum atomic E-state index is 13.0. The van der Waals surface area contributed by atoms with Crippen LogP contribution in [-0.4, -0.2) is 39.3 Å². The molecule has 2 aliphatic rings. The van der Waals surface area contributed by atoms with Crippen LogP contribution in [0.4, 0.5) is 0 Å². The van der Waals surface area contributed by atoms with E-state index >= 15 is 0 Å². The molecule has 146 valence electrons. The van der Waals surface area contributed by atoms with Gasteiger partial charge in [-0.1, -0.05) is 19.3 Å². The first-order chi connectivity index (χ1) is 12.2. The Morgan fingerprint density at radius 1 is 0.808 bits per heavy atom. The maximum Gasteiger partial charge on any atom is 0.243 e. The number of piperidine rings is 1. The van der Waals surface area contributed by atoms with Crippen LogP contribution in [0.5, 0.6) is 0 Å². The molecule has 1 aliphatic carbocycles. The predicted molar refractivity (Wildman–Crippen MR) is 101 cm³/mol. The molecule has 1 aromatic carbocycles. The molecule has 0 unspecified atom stereocenters. The van der Waals surface area contributed by atoms with Crippen molar-refractivity contribution in [1.82, 2.24) is 9.03 Å². The molecule has 26 heavy (non-hydrogen) atoms. The smallest absolute Gasteiger partial charge is 0.208 e. The molecule has 1 heterocycles. The summed E-state index contributed by atoms with van der Waals surface area (Å²) < 4.78 is 55.3. The Balaban J connectivity index is 1.82. The number of benzene rings is 1. The standard InChI is InChI=1S/C18H28N2O4S2/c1-14-6-5-7-15(2)20(14)26(23,24)18-12-10-17(11-13-18)25(21,22)19-16-8-3-4-9-16/h10-16,19H,3-9H2,1-2H3/t14-,15+. The van der Waals surface area contributed by atoms with Crippen LogP contribution in [0.3, 0.4) is 0 Å². The van der Waals surface area contributed by atoms with Crippen molar-refractivity contribution in [2.24, 2.45) is 0 Å². The summed E-state index contributed by atoms with van der Waals surface area (Å²) in [4.78, 5) is 0.265. The summed E-state index contributed by atoms with van der Waals surface area (Å²) in [7, 11) is -7.24. The topological polar surface area (TPSA) is 83.6 Å². The minimum absolute atomic E-state index is 0.0153. The van der Waals surface area contributed by atoms with Crippen molar-refractivity contribution in [1.29, 1.82) is 0 Å². The first-order valence-electron chi connectivity index (χ1n) is 9.38. The van der Waals surface area contributed by atoms with Crippen molar-refractivity contribution < 1.29 is 16.8 Å². The molecule has 0 amide bonds. The molecule has 0 aromatic heterocycles. The first kappa shape index (κ1) is 19.8. The Kier molecular flexibility index (Phi) is 5.77. The molecular weight excluding hydrogens is 372 g/mol. The van der Waals surface area contributed by atoms with Gasteiger partial charge in [0.1, 0.15) is 0 Å². The SMILES string of the molecule is C[C@@H]1CCC[C@H](C)N1S(=O)(=O)c1ccc(S(=O)(=O)NC2CCCC2)cc1. The van der Waals surface area contributed by atoms with E-state index in [9.17, 15) is 16.8 Å². The van der Waals surface area contributed by atoms with E-state index in [2.05, 4.69) is 4.72 Å². The van der Waals surface area contributed by atoms with Crippen LogP contribution in [0.1, 0.15) is 58.8 Å². The molecule has 3 rings (SSSR count). The third kappa shape index (κ3) is 3.98. The highest BCUT2D eigenvalue weighted by atomic mass is 32.2. The zero-order valence-electron chi connectivity index (χ0n) is 15.4. The van der Waals surface area contributed by atoms with Crippen LogP contribution >= 0.6 is 0 Å². The highest BCUT2D eigenvalue weighted by Gasteiger charge is 2.35. The van der Waals surface area contributed by atoms with Gasteiger partial charge in [0, 0.05) is 18.1 Å². The summed E-state index contributed by atoms with van der Waals surface area (Å²) in [5.74, 6) is 0. The number of nitrogens with one attached hydrogen (secondary N) is 1. The van der Waals surface area contributed by atoms with Gasteiger partial charge in [0.15, 0.2) is 0 Å². The van der Waals surface area contributed by atoms with Crippen LogP contribution in [-0.2, 0) is 20.0 Å². The Labute approximate surface area is 157 Å². The van der Waals surface area contributed by atoms with Crippen molar-refractivity contribution in [2.75, 3.05) is 0 Å². The van der Waals surface area contributed by atoms with Crippen LogP contribution in [0.25, 0.3) is 0 Å². The second-order valence-corrected chi connectivity index (χ2v) is 11.1. The van der Waals surface area contributed by atoms with Gasteiger partial charge >= 0.3 is 0 Å². The summed E-state index contributed by atoms with van der Waals surface area (Å²) in [6.07, 6.45) is 6.51. The Bertz CT molecular complexity index is 818. The molecule has 2 atom stereocenters. The quantitative estimate of drug-likeness (QED) is 0.824. The largest absolute Gasteiger partial charge is 0.243 e. The van der Waals surface area contributed by atoms with Crippen molar-refractivity contribution in [3.05, 3.63) is 24.3 Å². The summed E-state index contributed by atoms with van der Waals surface area (Å²) in [5, 5.41) is 0. The van der Waals surface area contributed by atoms with Gasteiger partial charge in [0.2, 0.25) is 20.0 Å². The van der Waals surface area contributed by atoms with Gasteiger partial charge in [-0.3, -0.25) is 0 Å². The molecule has 1 saturated carbocycles. The van der Waals surface area contributed by atoms with Gasteiger partial charge in [0.05, 0.1) is 9.79 Å². The summed E-state index contributed by atoms with van der Waals surface area (Å²) in [5.41, 5.74) is 0. The fraction of sp³-hybridized carbons (Fsp3) is 0.667. The second kappa shape index (κ2) is 7.58. The van der Waals surface area contributed by atoms with E-state index < -0.39 is 20.0 Å². The van der Waals surface area contributed by atoms with E-state index in [1.54, 1.807) is 4.31 Å². The van der Waals surface area contributed by atoms with Crippen LogP contribution in [0.15, 0.2) is 34.1 Å². The van der Waals surface area contributed by atoms with Gasteiger partial charge in [-0.15, -0.1) is 0 Å². The lowest BCUT2D eigenvalue weighted by atomic mass is 10.0. The molecule has 0 radical (unpaired) electrons. The van der Waals surface area contributed by atoms with Crippen LogP contribution in [0, 0.1) is 0 Å². The summed E-state index contributed by atoms with van der Waals surface area (Å²) in [6, 6.07) is 5.50. The molecular formula is C18H28N2O4S2. The number of hydrogen-bond donors (Lipinski definition) is 1. The Morgan fingerprint density at radius 3 is 1.85 bits per heavy atom. The fourth-order valence-corrected chi connectivity index (χ4v) is 7.30. The van der Waals surface area contributed by atoms with Gasteiger partial charge in [-0.25, -0.2) is 21.6 Å². The van der Waals surface area contributed by atoms with Crippen molar-refractivity contribution in [3.63, 3.8) is 0 Å². The number of hydrogen-bond acceptors (Lipinski definition) is 4. The number of rotatable bonds is 5. The second-order valence-electron chi connectivity index (χ2n) is 7.54. The number of nitrogens with zero attached hydrogens (tertiary/aromatic N) is 1. The Hall–Kier alpha value is -0.960. The predicted octanol–water partition coefficient (Wildman–Crippen LogP) is 2.86. The highest BCUT2D eigenvalue weighted by Crippen LogP contribution is 2.30. The van der Waals surface area contributed by atoms with E-state index in [-0.39, 0.29) is 27.9 Å². The van der Waals surface area contributed by atoms with E-state index in [4.69, 9.17) is 0 Å². The molecule has 1 aliphatic heterocycles. The van der Waals surface area contributed by atoms with Gasteiger partial charge < -0.3 is 0 Å². The van der Waals surface area contributed by atoms with Gasteiger partial charge in [-0.2, -0.15) is 4.31 Å².